The molecule has 0 aromatic heterocycles. The SMILES string of the molecule is CN1C(=O)C[C@@H](C(=O)Nc2ccc(F)cc2)SC1=Nc1cccc(C(F)(F)F)c1. The molecule has 1 N–H and O–H groups in total. The van der Waals surface area contributed by atoms with Crippen LogP contribution in [0.15, 0.2) is 53.5 Å². The van der Waals surface area contributed by atoms with Gasteiger partial charge in [0.2, 0.25) is 11.8 Å². The summed E-state index contributed by atoms with van der Waals surface area (Å²) >= 11 is 0.970. The Morgan fingerprint density at radius 3 is 2.55 bits per heavy atom. The van der Waals surface area contributed by atoms with E-state index in [1.165, 1.54) is 48.3 Å². The fourth-order valence-corrected chi connectivity index (χ4v) is 3.58. The fourth-order valence-electron chi connectivity index (χ4n) is 2.52. The van der Waals surface area contributed by atoms with Crippen LogP contribution < -0.4 is 5.32 Å². The largest absolute Gasteiger partial charge is 0.416 e. The Bertz CT molecular complexity index is 961. The molecular formula is C19H15F4N3O2S. The van der Waals surface area contributed by atoms with E-state index in [9.17, 15) is 27.2 Å². The molecule has 10 heteroatoms. The number of benzene rings is 2. The van der Waals surface area contributed by atoms with E-state index in [0.717, 1.165) is 23.9 Å². The first-order valence-corrected chi connectivity index (χ1v) is 9.27. The van der Waals surface area contributed by atoms with Crippen molar-refractivity contribution in [3.8, 4) is 0 Å². The van der Waals surface area contributed by atoms with E-state index in [2.05, 4.69) is 10.3 Å². The van der Waals surface area contributed by atoms with Crippen molar-refractivity contribution in [1.82, 2.24) is 4.90 Å². The van der Waals surface area contributed by atoms with Crippen molar-refractivity contribution in [2.24, 2.45) is 4.99 Å². The van der Waals surface area contributed by atoms with Crippen LogP contribution in [-0.2, 0) is 15.8 Å². The first-order chi connectivity index (χ1) is 13.6. The highest BCUT2D eigenvalue weighted by Crippen LogP contribution is 2.33. The summed E-state index contributed by atoms with van der Waals surface area (Å²) < 4.78 is 51.7. The Morgan fingerprint density at radius 1 is 1.21 bits per heavy atom. The monoisotopic (exact) mass is 425 g/mol. The predicted molar refractivity (Wildman–Crippen MR) is 102 cm³/mol. The number of halogens is 4. The second-order valence-electron chi connectivity index (χ2n) is 6.20. The molecule has 2 aromatic carbocycles. The summed E-state index contributed by atoms with van der Waals surface area (Å²) in [5.41, 5.74) is -0.485. The number of hydrogen-bond donors (Lipinski definition) is 1. The fraction of sp³-hybridized carbons (Fsp3) is 0.211. The van der Waals surface area contributed by atoms with Crippen LogP contribution in [0.4, 0.5) is 28.9 Å². The second kappa shape index (κ2) is 8.24. The first-order valence-electron chi connectivity index (χ1n) is 8.39. The number of amidine groups is 1. The average molecular weight is 425 g/mol. The van der Waals surface area contributed by atoms with Gasteiger partial charge in [0.15, 0.2) is 5.17 Å². The highest BCUT2D eigenvalue weighted by atomic mass is 32.2. The van der Waals surface area contributed by atoms with Gasteiger partial charge in [0.25, 0.3) is 0 Å². The predicted octanol–water partition coefficient (Wildman–Crippen LogP) is 4.43. The zero-order chi connectivity index (χ0) is 21.2. The van der Waals surface area contributed by atoms with Crippen molar-refractivity contribution in [3.05, 3.63) is 59.9 Å². The van der Waals surface area contributed by atoms with Crippen LogP contribution in [0, 0.1) is 5.82 Å². The first kappa shape index (κ1) is 20.8. The molecule has 0 unspecified atom stereocenters. The van der Waals surface area contributed by atoms with Gasteiger partial charge in [-0.25, -0.2) is 9.38 Å². The number of nitrogens with zero attached hydrogens (tertiary/aromatic N) is 2. The average Bonchev–Trinajstić information content (AvgIpc) is 2.66. The van der Waals surface area contributed by atoms with E-state index in [4.69, 9.17) is 0 Å². The maximum atomic E-state index is 13.0. The maximum absolute atomic E-state index is 13.0. The van der Waals surface area contributed by atoms with Gasteiger partial charge in [0.1, 0.15) is 11.1 Å². The Labute approximate surface area is 167 Å². The van der Waals surface area contributed by atoms with Crippen LogP contribution in [0.3, 0.4) is 0 Å². The Balaban J connectivity index is 1.80. The molecule has 152 valence electrons. The summed E-state index contributed by atoms with van der Waals surface area (Å²) in [4.78, 5) is 30.1. The standard InChI is InChI=1S/C19H15F4N3O2S/c1-26-16(27)10-15(17(28)24-13-7-5-12(20)6-8-13)29-18(26)25-14-4-2-3-11(9-14)19(21,22)23/h2-9,15H,10H2,1H3,(H,24,28)/t15-/m0/s1. The normalized spacial score (nSPS) is 18.8. The van der Waals surface area contributed by atoms with Gasteiger partial charge >= 0.3 is 6.18 Å². The molecule has 0 spiro atoms. The van der Waals surface area contributed by atoms with Crippen LogP contribution in [0.25, 0.3) is 0 Å². The zero-order valence-electron chi connectivity index (χ0n) is 15.0. The molecular weight excluding hydrogens is 410 g/mol. The number of amides is 2. The molecule has 2 amide bonds. The van der Waals surface area contributed by atoms with Crippen molar-refractivity contribution >= 4 is 40.1 Å². The lowest BCUT2D eigenvalue weighted by molar-refractivity contribution is -0.137. The van der Waals surface area contributed by atoms with E-state index in [0.29, 0.717) is 5.69 Å². The quantitative estimate of drug-likeness (QED) is 0.740. The molecule has 1 aliphatic heterocycles. The molecule has 1 aliphatic rings. The number of carbonyl (C=O) groups excluding carboxylic acids is 2. The maximum Gasteiger partial charge on any atom is 0.416 e. The number of hydrogen-bond acceptors (Lipinski definition) is 4. The second-order valence-corrected chi connectivity index (χ2v) is 7.37. The minimum Gasteiger partial charge on any atom is -0.325 e. The summed E-state index contributed by atoms with van der Waals surface area (Å²) in [6, 6.07) is 9.52. The third-order valence-electron chi connectivity index (χ3n) is 4.07. The number of alkyl halides is 3. The summed E-state index contributed by atoms with van der Waals surface area (Å²) in [6.07, 6.45) is -4.62. The van der Waals surface area contributed by atoms with Crippen molar-refractivity contribution in [1.29, 1.82) is 0 Å². The van der Waals surface area contributed by atoms with Crippen LogP contribution in [0.1, 0.15) is 12.0 Å². The Kier molecular flexibility index (Phi) is 5.92. The molecule has 3 rings (SSSR count). The number of rotatable bonds is 3. The number of nitrogens with one attached hydrogen (secondary N) is 1. The molecule has 0 radical (unpaired) electrons. The Hall–Kier alpha value is -2.88. The summed E-state index contributed by atoms with van der Waals surface area (Å²) in [7, 11) is 1.44. The van der Waals surface area contributed by atoms with Crippen molar-refractivity contribution in [2.45, 2.75) is 17.8 Å². The van der Waals surface area contributed by atoms with Crippen molar-refractivity contribution in [2.75, 3.05) is 12.4 Å². The molecule has 1 heterocycles. The zero-order valence-corrected chi connectivity index (χ0v) is 15.9. The van der Waals surface area contributed by atoms with E-state index >= 15 is 0 Å². The number of thioether (sulfide) groups is 1. The molecule has 0 bridgehead atoms. The summed E-state index contributed by atoms with van der Waals surface area (Å²) in [5, 5.41) is 1.87. The van der Waals surface area contributed by atoms with Gasteiger partial charge in [-0.1, -0.05) is 17.8 Å². The number of anilines is 1. The summed E-state index contributed by atoms with van der Waals surface area (Å²) in [5.74, 6) is -1.34. The third kappa shape index (κ3) is 5.14. The van der Waals surface area contributed by atoms with Crippen molar-refractivity contribution < 1.29 is 27.2 Å². The molecule has 0 aliphatic carbocycles. The van der Waals surface area contributed by atoms with Gasteiger partial charge in [-0.2, -0.15) is 13.2 Å². The van der Waals surface area contributed by atoms with Gasteiger partial charge in [0.05, 0.1) is 11.3 Å². The lowest BCUT2D eigenvalue weighted by Gasteiger charge is -2.28. The lowest BCUT2D eigenvalue weighted by atomic mass is 10.2. The topological polar surface area (TPSA) is 61.8 Å². The van der Waals surface area contributed by atoms with Gasteiger partial charge < -0.3 is 5.32 Å². The highest BCUT2D eigenvalue weighted by molar-refractivity contribution is 8.15. The summed E-state index contributed by atoms with van der Waals surface area (Å²) in [6.45, 7) is 0. The minimum absolute atomic E-state index is 0.0153. The molecule has 1 saturated heterocycles. The Morgan fingerprint density at radius 2 is 1.90 bits per heavy atom. The van der Waals surface area contributed by atoms with E-state index in [-0.39, 0.29) is 17.3 Å². The molecule has 2 aromatic rings. The van der Waals surface area contributed by atoms with Crippen LogP contribution >= 0.6 is 11.8 Å². The third-order valence-corrected chi connectivity index (χ3v) is 5.31. The van der Waals surface area contributed by atoms with Crippen LogP contribution in [0.2, 0.25) is 0 Å². The van der Waals surface area contributed by atoms with E-state index < -0.39 is 34.6 Å². The van der Waals surface area contributed by atoms with Crippen molar-refractivity contribution in [3.63, 3.8) is 0 Å². The number of aliphatic imine (C=N–C) groups is 1. The lowest BCUT2D eigenvalue weighted by Crippen LogP contribution is -2.43. The van der Waals surface area contributed by atoms with Gasteiger partial charge in [-0.3, -0.25) is 14.5 Å². The molecule has 1 atom stereocenters. The molecule has 29 heavy (non-hydrogen) atoms. The molecule has 1 fully saturated rings. The number of carbonyl (C=O) groups is 2. The van der Waals surface area contributed by atoms with Gasteiger partial charge in [-0.15, -0.1) is 0 Å². The molecule has 0 saturated carbocycles. The van der Waals surface area contributed by atoms with Gasteiger partial charge in [-0.05, 0) is 42.5 Å². The van der Waals surface area contributed by atoms with Gasteiger partial charge in [0, 0.05) is 19.2 Å². The van der Waals surface area contributed by atoms with E-state index in [1.807, 2.05) is 0 Å². The van der Waals surface area contributed by atoms with Crippen LogP contribution in [0.5, 0.6) is 0 Å². The van der Waals surface area contributed by atoms with Crippen LogP contribution in [-0.4, -0.2) is 34.2 Å². The van der Waals surface area contributed by atoms with E-state index in [1.54, 1.807) is 0 Å². The highest BCUT2D eigenvalue weighted by Gasteiger charge is 2.34. The molecule has 5 nitrogen and oxygen atoms in total. The smallest absolute Gasteiger partial charge is 0.325 e. The minimum atomic E-state index is -4.52.